The molecule has 1 atom stereocenters. The minimum absolute atomic E-state index is 0.219. The first-order valence-electron chi connectivity index (χ1n) is 9.08. The zero-order valence-electron chi connectivity index (χ0n) is 14.2. The Labute approximate surface area is 145 Å². The SMILES string of the molecule is O=C1NC[C@@]2(CCCN(C(=O)c3cc4c([nH]c3=O)CCCC4)CC2)O1. The Hall–Kier alpha value is -2.31. The van der Waals surface area contributed by atoms with Gasteiger partial charge in [-0.2, -0.15) is 0 Å². The van der Waals surface area contributed by atoms with E-state index >= 15 is 0 Å². The highest BCUT2D eigenvalue weighted by Gasteiger charge is 2.42. The first kappa shape index (κ1) is 16.2. The van der Waals surface area contributed by atoms with Gasteiger partial charge < -0.3 is 19.9 Å². The van der Waals surface area contributed by atoms with Gasteiger partial charge in [0.05, 0.1) is 6.54 Å². The van der Waals surface area contributed by atoms with Crippen LogP contribution in [0.15, 0.2) is 10.9 Å². The summed E-state index contributed by atoms with van der Waals surface area (Å²) in [5.41, 5.74) is 1.51. The Bertz CT molecular complexity index is 772. The first-order valence-corrected chi connectivity index (χ1v) is 9.08. The van der Waals surface area contributed by atoms with Crippen molar-refractivity contribution < 1.29 is 14.3 Å². The molecule has 0 radical (unpaired) electrons. The van der Waals surface area contributed by atoms with Gasteiger partial charge in [-0.15, -0.1) is 0 Å². The van der Waals surface area contributed by atoms with E-state index in [-0.39, 0.29) is 23.1 Å². The molecule has 1 aromatic rings. The Morgan fingerprint density at radius 1 is 1.12 bits per heavy atom. The van der Waals surface area contributed by atoms with Crippen LogP contribution in [0.25, 0.3) is 0 Å². The predicted octanol–water partition coefficient (Wildman–Crippen LogP) is 1.36. The van der Waals surface area contributed by atoms with E-state index in [9.17, 15) is 14.4 Å². The number of hydrogen-bond donors (Lipinski definition) is 2. The quantitative estimate of drug-likeness (QED) is 0.804. The van der Waals surface area contributed by atoms with Crippen LogP contribution in [0.3, 0.4) is 0 Å². The van der Waals surface area contributed by atoms with E-state index in [1.165, 1.54) is 0 Å². The fourth-order valence-corrected chi connectivity index (χ4v) is 4.16. The van der Waals surface area contributed by atoms with Gasteiger partial charge >= 0.3 is 6.09 Å². The highest BCUT2D eigenvalue weighted by molar-refractivity contribution is 5.94. The number of aryl methyl sites for hydroxylation is 2. The number of fused-ring (bicyclic) bond motifs is 1. The molecule has 2 N–H and O–H groups in total. The smallest absolute Gasteiger partial charge is 0.407 e. The van der Waals surface area contributed by atoms with Gasteiger partial charge in [0, 0.05) is 25.2 Å². The molecule has 134 valence electrons. The number of pyridine rings is 1. The van der Waals surface area contributed by atoms with Crippen LogP contribution in [0, 0.1) is 0 Å². The van der Waals surface area contributed by atoms with E-state index in [1.54, 1.807) is 11.0 Å². The molecular weight excluding hydrogens is 322 g/mol. The fourth-order valence-electron chi connectivity index (χ4n) is 4.16. The zero-order chi connectivity index (χ0) is 17.4. The van der Waals surface area contributed by atoms with E-state index in [1.807, 2.05) is 0 Å². The molecule has 4 rings (SSSR count). The molecule has 2 saturated heterocycles. The largest absolute Gasteiger partial charge is 0.441 e. The van der Waals surface area contributed by atoms with Crippen LogP contribution in [0.1, 0.15) is 53.7 Å². The minimum atomic E-state index is -0.506. The molecule has 25 heavy (non-hydrogen) atoms. The maximum atomic E-state index is 12.9. The van der Waals surface area contributed by atoms with Gasteiger partial charge in [0.25, 0.3) is 11.5 Å². The van der Waals surface area contributed by atoms with Gasteiger partial charge in [-0.3, -0.25) is 9.59 Å². The number of rotatable bonds is 1. The fraction of sp³-hybridized carbons (Fsp3) is 0.611. The third-order valence-corrected chi connectivity index (χ3v) is 5.62. The average Bonchev–Trinajstić information content (AvgIpc) is 2.85. The number of aromatic nitrogens is 1. The number of likely N-dealkylation sites (tertiary alicyclic amines) is 1. The van der Waals surface area contributed by atoms with Gasteiger partial charge in [0.2, 0.25) is 0 Å². The second-order valence-corrected chi connectivity index (χ2v) is 7.29. The van der Waals surface area contributed by atoms with E-state index in [2.05, 4.69) is 10.3 Å². The molecule has 3 heterocycles. The lowest BCUT2D eigenvalue weighted by Gasteiger charge is -2.25. The molecule has 0 aromatic carbocycles. The Kier molecular flexibility index (Phi) is 4.01. The van der Waals surface area contributed by atoms with Crippen molar-refractivity contribution >= 4 is 12.0 Å². The molecule has 0 saturated carbocycles. The standard InChI is InChI=1S/C18H23N3O4/c22-15-13(10-12-4-1-2-5-14(12)20-15)16(23)21-8-3-6-18(7-9-21)11-19-17(24)25-18/h10H,1-9,11H2,(H,19,24)(H,20,22)/t18-/m0/s1. The van der Waals surface area contributed by atoms with Gasteiger partial charge in [-0.1, -0.05) is 0 Å². The van der Waals surface area contributed by atoms with Crippen LogP contribution in [0.2, 0.25) is 0 Å². The summed E-state index contributed by atoms with van der Waals surface area (Å²) in [5, 5.41) is 2.71. The van der Waals surface area contributed by atoms with Crippen molar-refractivity contribution in [2.45, 2.75) is 50.5 Å². The molecule has 0 unspecified atom stereocenters. The lowest BCUT2D eigenvalue weighted by atomic mass is 9.94. The summed E-state index contributed by atoms with van der Waals surface area (Å²) in [6.45, 7) is 1.56. The monoisotopic (exact) mass is 345 g/mol. The van der Waals surface area contributed by atoms with Crippen molar-refractivity contribution in [2.75, 3.05) is 19.6 Å². The van der Waals surface area contributed by atoms with Crippen LogP contribution in [0.5, 0.6) is 0 Å². The number of alkyl carbamates (subject to hydrolysis) is 1. The third kappa shape index (κ3) is 3.03. The molecular formula is C18H23N3O4. The number of amides is 2. The lowest BCUT2D eigenvalue weighted by molar-refractivity contribution is 0.0438. The van der Waals surface area contributed by atoms with Crippen LogP contribution < -0.4 is 10.9 Å². The molecule has 3 aliphatic rings. The summed E-state index contributed by atoms with van der Waals surface area (Å²) in [7, 11) is 0. The second kappa shape index (κ2) is 6.20. The third-order valence-electron chi connectivity index (χ3n) is 5.62. The zero-order valence-corrected chi connectivity index (χ0v) is 14.2. The summed E-state index contributed by atoms with van der Waals surface area (Å²) < 4.78 is 5.45. The molecule has 0 bridgehead atoms. The summed E-state index contributed by atoms with van der Waals surface area (Å²) in [6.07, 6.45) is 5.67. The van der Waals surface area contributed by atoms with Crippen LogP contribution >= 0.6 is 0 Å². The van der Waals surface area contributed by atoms with E-state index in [0.717, 1.165) is 49.8 Å². The molecule has 7 heteroatoms. The highest BCUT2D eigenvalue weighted by atomic mass is 16.6. The Balaban J connectivity index is 1.53. The summed E-state index contributed by atoms with van der Waals surface area (Å²) in [6, 6.07) is 1.79. The summed E-state index contributed by atoms with van der Waals surface area (Å²) in [5.74, 6) is -0.219. The van der Waals surface area contributed by atoms with Crippen molar-refractivity contribution in [2.24, 2.45) is 0 Å². The van der Waals surface area contributed by atoms with Gasteiger partial charge in [0.1, 0.15) is 11.2 Å². The highest BCUT2D eigenvalue weighted by Crippen LogP contribution is 2.29. The molecule has 2 fully saturated rings. The van der Waals surface area contributed by atoms with Crippen molar-refractivity contribution in [1.29, 1.82) is 0 Å². The number of carbonyl (C=O) groups excluding carboxylic acids is 2. The molecule has 2 aliphatic heterocycles. The second-order valence-electron chi connectivity index (χ2n) is 7.29. The number of ether oxygens (including phenoxy) is 1. The van der Waals surface area contributed by atoms with Crippen molar-refractivity contribution in [3.63, 3.8) is 0 Å². The number of H-pyrrole nitrogens is 1. The molecule has 1 aliphatic carbocycles. The van der Waals surface area contributed by atoms with E-state index < -0.39 is 5.60 Å². The van der Waals surface area contributed by atoms with Crippen molar-refractivity contribution in [3.8, 4) is 0 Å². The number of nitrogens with zero attached hydrogens (tertiary/aromatic N) is 1. The average molecular weight is 345 g/mol. The van der Waals surface area contributed by atoms with Crippen molar-refractivity contribution in [3.05, 3.63) is 33.2 Å². The Morgan fingerprint density at radius 2 is 1.96 bits per heavy atom. The normalized spacial score (nSPS) is 25.9. The maximum absolute atomic E-state index is 12.9. The minimum Gasteiger partial charge on any atom is -0.441 e. The molecule has 7 nitrogen and oxygen atoms in total. The number of carbonyl (C=O) groups is 2. The molecule has 1 aromatic heterocycles. The van der Waals surface area contributed by atoms with Crippen LogP contribution in [-0.2, 0) is 17.6 Å². The first-order chi connectivity index (χ1) is 12.1. The maximum Gasteiger partial charge on any atom is 0.407 e. The van der Waals surface area contributed by atoms with Crippen LogP contribution in [-0.4, -0.2) is 47.1 Å². The number of aromatic amines is 1. The van der Waals surface area contributed by atoms with E-state index in [4.69, 9.17) is 4.74 Å². The Morgan fingerprint density at radius 3 is 2.76 bits per heavy atom. The van der Waals surface area contributed by atoms with Crippen molar-refractivity contribution in [1.82, 2.24) is 15.2 Å². The lowest BCUT2D eigenvalue weighted by Crippen LogP contribution is -2.38. The van der Waals surface area contributed by atoms with E-state index in [0.29, 0.717) is 26.1 Å². The predicted molar refractivity (Wildman–Crippen MR) is 90.7 cm³/mol. The summed E-state index contributed by atoms with van der Waals surface area (Å²) >= 11 is 0. The van der Waals surface area contributed by atoms with Crippen LogP contribution in [0.4, 0.5) is 4.79 Å². The number of hydrogen-bond acceptors (Lipinski definition) is 4. The van der Waals surface area contributed by atoms with Gasteiger partial charge in [0.15, 0.2) is 0 Å². The summed E-state index contributed by atoms with van der Waals surface area (Å²) in [4.78, 5) is 41.3. The topological polar surface area (TPSA) is 91.5 Å². The van der Waals surface area contributed by atoms with Gasteiger partial charge in [-0.25, -0.2) is 4.79 Å². The molecule has 1 spiro atoms. The molecule has 2 amide bonds. The van der Waals surface area contributed by atoms with Gasteiger partial charge in [-0.05, 0) is 50.2 Å². The number of nitrogens with one attached hydrogen (secondary N) is 2.